The first-order valence-corrected chi connectivity index (χ1v) is 5.40. The molecular weight excluding hydrogens is 287 g/mol. The van der Waals surface area contributed by atoms with Crippen molar-refractivity contribution in [2.45, 2.75) is 6.92 Å². The summed E-state index contributed by atoms with van der Waals surface area (Å²) >= 11 is 2.21. The number of rotatable bonds is 1. The Labute approximate surface area is 96.6 Å². The highest BCUT2D eigenvalue weighted by molar-refractivity contribution is 14.1. The zero-order valence-electron chi connectivity index (χ0n) is 7.74. The van der Waals surface area contributed by atoms with Crippen molar-refractivity contribution in [3.05, 3.63) is 45.9 Å². The largest absolute Gasteiger partial charge is 0.249 e. The quantitative estimate of drug-likeness (QED) is 0.756. The highest BCUT2D eigenvalue weighted by Gasteiger charge is 2.04. The van der Waals surface area contributed by atoms with E-state index in [1.165, 1.54) is 0 Å². The van der Waals surface area contributed by atoms with Gasteiger partial charge in [0.1, 0.15) is 9.39 Å². The SMILES string of the molecule is Cc1cnc(I)c(-c2ccccc2)n1. The summed E-state index contributed by atoms with van der Waals surface area (Å²) in [6.07, 6.45) is 1.79. The highest BCUT2D eigenvalue weighted by atomic mass is 127. The van der Waals surface area contributed by atoms with Crippen molar-refractivity contribution in [1.29, 1.82) is 0 Å². The van der Waals surface area contributed by atoms with Crippen molar-refractivity contribution >= 4 is 22.6 Å². The van der Waals surface area contributed by atoms with Crippen LogP contribution in [0.15, 0.2) is 36.5 Å². The van der Waals surface area contributed by atoms with Crippen LogP contribution in [-0.2, 0) is 0 Å². The molecule has 0 aliphatic rings. The van der Waals surface area contributed by atoms with Gasteiger partial charge in [0.15, 0.2) is 0 Å². The molecule has 0 saturated carbocycles. The average Bonchev–Trinajstić information content (AvgIpc) is 2.23. The first-order chi connectivity index (χ1) is 6.77. The molecule has 2 nitrogen and oxygen atoms in total. The summed E-state index contributed by atoms with van der Waals surface area (Å²) in [6, 6.07) is 10.1. The van der Waals surface area contributed by atoms with Gasteiger partial charge in [0, 0.05) is 11.8 Å². The monoisotopic (exact) mass is 296 g/mol. The molecule has 0 aliphatic heterocycles. The first kappa shape index (κ1) is 9.58. The van der Waals surface area contributed by atoms with Crippen LogP contribution in [0.1, 0.15) is 5.69 Å². The lowest BCUT2D eigenvalue weighted by molar-refractivity contribution is 1.10. The third kappa shape index (κ3) is 1.92. The van der Waals surface area contributed by atoms with Gasteiger partial charge in [-0.1, -0.05) is 30.3 Å². The van der Waals surface area contributed by atoms with Crippen LogP contribution in [0.25, 0.3) is 11.3 Å². The molecular formula is C11H9IN2. The Kier molecular flexibility index (Phi) is 2.77. The van der Waals surface area contributed by atoms with E-state index in [4.69, 9.17) is 0 Å². The van der Waals surface area contributed by atoms with Crippen LogP contribution in [-0.4, -0.2) is 9.97 Å². The molecule has 0 saturated heterocycles. The maximum Gasteiger partial charge on any atom is 0.127 e. The van der Waals surface area contributed by atoms with Crippen molar-refractivity contribution in [2.24, 2.45) is 0 Å². The van der Waals surface area contributed by atoms with Crippen LogP contribution in [0.2, 0.25) is 0 Å². The second kappa shape index (κ2) is 4.04. The number of hydrogen-bond donors (Lipinski definition) is 0. The van der Waals surface area contributed by atoms with Gasteiger partial charge < -0.3 is 0 Å². The molecule has 1 aromatic carbocycles. The van der Waals surface area contributed by atoms with Crippen LogP contribution in [0.4, 0.5) is 0 Å². The highest BCUT2D eigenvalue weighted by Crippen LogP contribution is 2.20. The Morgan fingerprint density at radius 3 is 2.57 bits per heavy atom. The number of aromatic nitrogens is 2. The lowest BCUT2D eigenvalue weighted by Crippen LogP contribution is -1.93. The molecule has 0 unspecified atom stereocenters. The van der Waals surface area contributed by atoms with E-state index in [1.54, 1.807) is 6.20 Å². The van der Waals surface area contributed by atoms with E-state index in [2.05, 4.69) is 32.6 Å². The molecule has 2 aromatic rings. The molecule has 0 atom stereocenters. The van der Waals surface area contributed by atoms with Crippen LogP contribution < -0.4 is 0 Å². The van der Waals surface area contributed by atoms with Gasteiger partial charge in [-0.2, -0.15) is 0 Å². The summed E-state index contributed by atoms with van der Waals surface area (Å²) < 4.78 is 0.944. The molecule has 0 aliphatic carbocycles. The predicted octanol–water partition coefficient (Wildman–Crippen LogP) is 3.06. The smallest absolute Gasteiger partial charge is 0.127 e. The topological polar surface area (TPSA) is 25.8 Å². The molecule has 0 radical (unpaired) electrons. The van der Waals surface area contributed by atoms with Crippen molar-refractivity contribution in [1.82, 2.24) is 9.97 Å². The Balaban J connectivity index is 2.57. The fourth-order valence-corrected chi connectivity index (χ4v) is 1.81. The van der Waals surface area contributed by atoms with E-state index < -0.39 is 0 Å². The minimum absolute atomic E-state index is 0.944. The van der Waals surface area contributed by atoms with Gasteiger partial charge in [0.2, 0.25) is 0 Å². The Morgan fingerprint density at radius 1 is 1.14 bits per heavy atom. The zero-order valence-corrected chi connectivity index (χ0v) is 9.89. The number of nitrogens with zero attached hydrogens (tertiary/aromatic N) is 2. The molecule has 0 N–H and O–H groups in total. The summed E-state index contributed by atoms with van der Waals surface area (Å²) in [4.78, 5) is 8.75. The summed E-state index contributed by atoms with van der Waals surface area (Å²) in [5, 5.41) is 0. The fourth-order valence-electron chi connectivity index (χ4n) is 1.24. The maximum atomic E-state index is 4.47. The Bertz CT molecular complexity index is 440. The van der Waals surface area contributed by atoms with E-state index in [0.717, 1.165) is 20.7 Å². The summed E-state index contributed by atoms with van der Waals surface area (Å²) in [5.74, 6) is 0. The predicted molar refractivity (Wildman–Crippen MR) is 64.9 cm³/mol. The van der Waals surface area contributed by atoms with E-state index in [-0.39, 0.29) is 0 Å². The van der Waals surface area contributed by atoms with Crippen molar-refractivity contribution < 1.29 is 0 Å². The number of hydrogen-bond acceptors (Lipinski definition) is 2. The first-order valence-electron chi connectivity index (χ1n) is 4.32. The van der Waals surface area contributed by atoms with E-state index in [1.807, 2.05) is 37.3 Å². The van der Waals surface area contributed by atoms with Crippen molar-refractivity contribution in [2.75, 3.05) is 0 Å². The molecule has 0 amide bonds. The third-order valence-electron chi connectivity index (χ3n) is 1.90. The van der Waals surface area contributed by atoms with Gasteiger partial charge in [0.05, 0.1) is 5.69 Å². The molecule has 70 valence electrons. The van der Waals surface area contributed by atoms with Gasteiger partial charge >= 0.3 is 0 Å². The van der Waals surface area contributed by atoms with Crippen LogP contribution in [0, 0.1) is 10.6 Å². The van der Waals surface area contributed by atoms with E-state index >= 15 is 0 Å². The third-order valence-corrected chi connectivity index (χ3v) is 2.68. The van der Waals surface area contributed by atoms with Gasteiger partial charge in [-0.3, -0.25) is 0 Å². The maximum absolute atomic E-state index is 4.47. The van der Waals surface area contributed by atoms with Crippen molar-refractivity contribution in [3.63, 3.8) is 0 Å². The van der Waals surface area contributed by atoms with Gasteiger partial charge in [-0.15, -0.1) is 0 Å². The van der Waals surface area contributed by atoms with Gasteiger partial charge in [-0.05, 0) is 29.5 Å². The Morgan fingerprint density at radius 2 is 1.86 bits per heavy atom. The lowest BCUT2D eigenvalue weighted by Gasteiger charge is -2.03. The van der Waals surface area contributed by atoms with Gasteiger partial charge in [-0.25, -0.2) is 9.97 Å². The number of aryl methyl sites for hydroxylation is 1. The van der Waals surface area contributed by atoms with Crippen molar-refractivity contribution in [3.8, 4) is 11.3 Å². The molecule has 14 heavy (non-hydrogen) atoms. The van der Waals surface area contributed by atoms with Crippen LogP contribution in [0.3, 0.4) is 0 Å². The minimum Gasteiger partial charge on any atom is -0.249 e. The fraction of sp³-hybridized carbons (Fsp3) is 0.0909. The van der Waals surface area contributed by atoms with Crippen LogP contribution >= 0.6 is 22.6 Å². The average molecular weight is 296 g/mol. The lowest BCUT2D eigenvalue weighted by atomic mass is 10.2. The second-order valence-electron chi connectivity index (χ2n) is 3.02. The Hall–Kier alpha value is -0.970. The summed E-state index contributed by atoms with van der Waals surface area (Å²) in [7, 11) is 0. The van der Waals surface area contributed by atoms with E-state index in [0.29, 0.717) is 0 Å². The standard InChI is InChI=1S/C11H9IN2/c1-8-7-13-11(12)10(14-8)9-5-3-2-4-6-9/h2-7H,1H3. The molecule has 0 spiro atoms. The normalized spacial score (nSPS) is 10.1. The molecule has 3 heteroatoms. The molecule has 2 rings (SSSR count). The summed E-state index contributed by atoms with van der Waals surface area (Å²) in [5.41, 5.74) is 3.03. The minimum atomic E-state index is 0.944. The molecule has 1 aromatic heterocycles. The second-order valence-corrected chi connectivity index (χ2v) is 4.04. The molecule has 0 fully saturated rings. The molecule has 0 bridgehead atoms. The van der Waals surface area contributed by atoms with Gasteiger partial charge in [0.25, 0.3) is 0 Å². The molecule has 1 heterocycles. The zero-order chi connectivity index (χ0) is 9.97. The summed E-state index contributed by atoms with van der Waals surface area (Å²) in [6.45, 7) is 1.95. The number of halogens is 1. The van der Waals surface area contributed by atoms with E-state index in [9.17, 15) is 0 Å². The number of benzene rings is 1. The van der Waals surface area contributed by atoms with Crippen LogP contribution in [0.5, 0.6) is 0 Å².